The van der Waals surface area contributed by atoms with E-state index >= 15 is 0 Å². The van der Waals surface area contributed by atoms with Crippen LogP contribution in [-0.2, 0) is 14.8 Å². The van der Waals surface area contributed by atoms with Crippen molar-refractivity contribution in [3.63, 3.8) is 0 Å². The summed E-state index contributed by atoms with van der Waals surface area (Å²) in [5, 5.41) is 0.137. The van der Waals surface area contributed by atoms with Gasteiger partial charge in [-0.15, -0.1) is 0 Å². The maximum absolute atomic E-state index is 13.5. The maximum atomic E-state index is 13.5. The van der Waals surface area contributed by atoms with Gasteiger partial charge < -0.3 is 4.74 Å². The second-order valence-corrected chi connectivity index (χ2v) is 10.4. The molecule has 0 aliphatic carbocycles. The summed E-state index contributed by atoms with van der Waals surface area (Å²) in [6, 6.07) is 16.9. The summed E-state index contributed by atoms with van der Waals surface area (Å²) in [7, 11) is -2.86. The first kappa shape index (κ1) is 25.4. The molecule has 1 heterocycles. The number of aryl methyl sites for hydroxylation is 1. The van der Waals surface area contributed by atoms with Crippen LogP contribution in [0.4, 0.5) is 5.69 Å². The molecule has 0 bridgehead atoms. The van der Waals surface area contributed by atoms with Crippen LogP contribution in [0.25, 0.3) is 0 Å². The van der Waals surface area contributed by atoms with Crippen molar-refractivity contribution in [2.75, 3.05) is 18.0 Å². The highest BCUT2D eigenvalue weighted by atomic mass is 35.5. The largest absolute Gasteiger partial charge is 0.495 e. The third kappa shape index (κ3) is 4.72. The lowest BCUT2D eigenvalue weighted by Crippen LogP contribution is -2.38. The molecule has 3 aromatic rings. The summed E-state index contributed by atoms with van der Waals surface area (Å²) in [5.74, 6) is -1.28. The van der Waals surface area contributed by atoms with E-state index < -0.39 is 27.7 Å². The number of ether oxygens (including phenoxy) is 1. The molecule has 4 rings (SSSR count). The number of anilines is 1. The summed E-state index contributed by atoms with van der Waals surface area (Å²) < 4.78 is 32.9. The number of hydrogen-bond acceptors (Lipinski definition) is 6. The first-order valence-corrected chi connectivity index (χ1v) is 12.9. The van der Waals surface area contributed by atoms with Crippen LogP contribution in [0.15, 0.2) is 71.6 Å². The SMILES string of the molecule is COc1ccc(N(C(=O)CCCN2C(=O)c3ccccc3C2=O)S(=O)(=O)c2ccc(C)cc2)cc1Cl. The second kappa shape index (κ2) is 10.1. The lowest BCUT2D eigenvalue weighted by atomic mass is 10.1. The van der Waals surface area contributed by atoms with Gasteiger partial charge in [0.15, 0.2) is 0 Å². The second-order valence-electron chi connectivity index (χ2n) is 8.21. The van der Waals surface area contributed by atoms with E-state index in [2.05, 4.69) is 0 Å². The first-order chi connectivity index (χ1) is 17.1. The molecular formula is C26H23ClN2O6S. The predicted molar refractivity (Wildman–Crippen MR) is 135 cm³/mol. The van der Waals surface area contributed by atoms with Gasteiger partial charge in [0.2, 0.25) is 5.91 Å². The minimum atomic E-state index is -4.28. The number of sulfonamides is 1. The molecule has 186 valence electrons. The number of imide groups is 1. The van der Waals surface area contributed by atoms with Gasteiger partial charge in [-0.25, -0.2) is 12.7 Å². The van der Waals surface area contributed by atoms with E-state index in [4.69, 9.17) is 16.3 Å². The molecule has 0 fully saturated rings. The molecule has 0 N–H and O–H groups in total. The Bertz CT molecular complexity index is 1420. The molecule has 3 amide bonds. The van der Waals surface area contributed by atoms with Gasteiger partial charge >= 0.3 is 0 Å². The van der Waals surface area contributed by atoms with Gasteiger partial charge in [-0.1, -0.05) is 41.4 Å². The average Bonchev–Trinajstić information content (AvgIpc) is 3.09. The molecule has 0 radical (unpaired) electrons. The number of benzene rings is 3. The van der Waals surface area contributed by atoms with Gasteiger partial charge in [0.25, 0.3) is 21.8 Å². The van der Waals surface area contributed by atoms with Crippen molar-refractivity contribution in [2.24, 2.45) is 0 Å². The van der Waals surface area contributed by atoms with E-state index in [1.807, 2.05) is 6.92 Å². The molecule has 10 heteroatoms. The van der Waals surface area contributed by atoms with Crippen molar-refractivity contribution < 1.29 is 27.5 Å². The number of nitrogens with zero attached hydrogens (tertiary/aromatic N) is 2. The topological polar surface area (TPSA) is 101 Å². The lowest BCUT2D eigenvalue weighted by Gasteiger charge is -2.24. The van der Waals surface area contributed by atoms with Crippen molar-refractivity contribution in [1.82, 2.24) is 4.90 Å². The fraction of sp³-hybridized carbons (Fsp3) is 0.192. The molecule has 0 aromatic heterocycles. The van der Waals surface area contributed by atoms with E-state index in [1.54, 1.807) is 36.4 Å². The molecule has 0 saturated heterocycles. The van der Waals surface area contributed by atoms with Gasteiger partial charge in [-0.05, 0) is 55.8 Å². The summed E-state index contributed by atoms with van der Waals surface area (Å²) in [6.45, 7) is 1.79. The van der Waals surface area contributed by atoms with E-state index in [9.17, 15) is 22.8 Å². The van der Waals surface area contributed by atoms with Crippen LogP contribution in [0, 0.1) is 6.92 Å². The summed E-state index contributed by atoms with van der Waals surface area (Å²) >= 11 is 6.22. The third-order valence-corrected chi connectivity index (χ3v) is 7.86. The van der Waals surface area contributed by atoms with Gasteiger partial charge in [0, 0.05) is 13.0 Å². The van der Waals surface area contributed by atoms with Crippen molar-refractivity contribution >= 4 is 45.0 Å². The third-order valence-electron chi connectivity index (χ3n) is 5.81. The zero-order chi connectivity index (χ0) is 26.0. The Morgan fingerprint density at radius 2 is 1.58 bits per heavy atom. The highest BCUT2D eigenvalue weighted by Crippen LogP contribution is 2.33. The van der Waals surface area contributed by atoms with Gasteiger partial charge in [-0.3, -0.25) is 19.3 Å². The van der Waals surface area contributed by atoms with Gasteiger partial charge in [0.05, 0.1) is 33.8 Å². The van der Waals surface area contributed by atoms with Crippen LogP contribution < -0.4 is 9.04 Å². The zero-order valence-electron chi connectivity index (χ0n) is 19.6. The highest BCUT2D eigenvalue weighted by Gasteiger charge is 2.36. The highest BCUT2D eigenvalue weighted by molar-refractivity contribution is 7.93. The Hall–Kier alpha value is -3.69. The van der Waals surface area contributed by atoms with Gasteiger partial charge in [-0.2, -0.15) is 0 Å². The number of methoxy groups -OCH3 is 1. The molecule has 0 saturated carbocycles. The van der Waals surface area contributed by atoms with Crippen LogP contribution in [-0.4, -0.2) is 44.7 Å². The number of hydrogen-bond donors (Lipinski definition) is 0. The summed E-state index contributed by atoms with van der Waals surface area (Å²) in [4.78, 5) is 39.5. The minimum absolute atomic E-state index is 0.0279. The standard InChI is InChI=1S/C26H23ClN2O6S/c1-17-9-12-19(13-10-17)36(33,34)29(18-11-14-23(35-2)22(27)16-18)24(30)8-5-15-28-25(31)20-6-3-4-7-21(20)26(28)32/h3-4,6-7,9-14,16H,5,8,15H2,1-2H3. The first-order valence-electron chi connectivity index (χ1n) is 11.1. The number of halogens is 1. The van der Waals surface area contributed by atoms with Crippen molar-refractivity contribution in [3.8, 4) is 5.75 Å². The maximum Gasteiger partial charge on any atom is 0.270 e. The number of amides is 3. The Labute approximate surface area is 214 Å². The fourth-order valence-corrected chi connectivity index (χ4v) is 5.64. The average molecular weight is 527 g/mol. The smallest absolute Gasteiger partial charge is 0.270 e. The molecule has 1 aliphatic heterocycles. The Morgan fingerprint density at radius 3 is 2.14 bits per heavy atom. The molecule has 8 nitrogen and oxygen atoms in total. The zero-order valence-corrected chi connectivity index (χ0v) is 21.2. The van der Waals surface area contributed by atoms with E-state index in [-0.39, 0.29) is 35.0 Å². The predicted octanol–water partition coefficient (Wildman–Crippen LogP) is 4.46. The minimum Gasteiger partial charge on any atom is -0.495 e. The van der Waals surface area contributed by atoms with Crippen molar-refractivity contribution in [2.45, 2.75) is 24.7 Å². The number of fused-ring (bicyclic) bond motifs is 1. The van der Waals surface area contributed by atoms with E-state index in [1.165, 1.54) is 37.4 Å². The molecule has 0 unspecified atom stereocenters. The Morgan fingerprint density at radius 1 is 0.972 bits per heavy atom. The molecule has 1 aliphatic rings. The summed E-state index contributed by atoms with van der Waals surface area (Å²) in [5.41, 5.74) is 1.53. The molecule has 3 aromatic carbocycles. The van der Waals surface area contributed by atoms with Gasteiger partial charge in [0.1, 0.15) is 5.75 Å². The lowest BCUT2D eigenvalue weighted by molar-refractivity contribution is -0.117. The Balaban J connectivity index is 1.58. The summed E-state index contributed by atoms with van der Waals surface area (Å²) in [6.07, 6.45) is -0.156. The monoisotopic (exact) mass is 526 g/mol. The van der Waals surface area contributed by atoms with Crippen LogP contribution in [0.5, 0.6) is 5.75 Å². The number of rotatable bonds is 8. The molecule has 0 spiro atoms. The van der Waals surface area contributed by atoms with Crippen molar-refractivity contribution in [1.29, 1.82) is 0 Å². The van der Waals surface area contributed by atoms with Crippen molar-refractivity contribution in [3.05, 3.63) is 88.4 Å². The fourth-order valence-electron chi connectivity index (χ4n) is 3.95. The number of carbonyl (C=O) groups excluding carboxylic acids is 3. The normalized spacial score (nSPS) is 13.0. The van der Waals surface area contributed by atoms with E-state index in [0.717, 1.165) is 10.5 Å². The van der Waals surface area contributed by atoms with E-state index in [0.29, 0.717) is 21.2 Å². The van der Waals surface area contributed by atoms with Crippen LogP contribution in [0.3, 0.4) is 0 Å². The molecule has 36 heavy (non-hydrogen) atoms. The van der Waals surface area contributed by atoms with Crippen LogP contribution in [0.2, 0.25) is 5.02 Å². The number of carbonyl (C=O) groups is 3. The van der Waals surface area contributed by atoms with Crippen LogP contribution in [0.1, 0.15) is 39.1 Å². The Kier molecular flexibility index (Phi) is 7.14. The quantitative estimate of drug-likeness (QED) is 0.402. The molecular weight excluding hydrogens is 504 g/mol. The molecule has 0 atom stereocenters. The van der Waals surface area contributed by atoms with Crippen LogP contribution >= 0.6 is 11.6 Å².